The van der Waals surface area contributed by atoms with Gasteiger partial charge in [0.25, 0.3) is 5.71 Å². The average molecular weight is 404 g/mol. The Bertz CT molecular complexity index is 985. The largest absolute Gasteiger partial charge is 0.417 e. The van der Waals surface area contributed by atoms with Crippen molar-refractivity contribution in [2.45, 2.75) is 51.2 Å². The van der Waals surface area contributed by atoms with Gasteiger partial charge in [-0.05, 0) is 49.1 Å². The van der Waals surface area contributed by atoms with Gasteiger partial charge < -0.3 is 4.52 Å². The lowest BCUT2D eigenvalue weighted by Gasteiger charge is -2.32. The van der Waals surface area contributed by atoms with Gasteiger partial charge in [0.1, 0.15) is 0 Å². The Kier molecular flexibility index (Phi) is 5.29. The van der Waals surface area contributed by atoms with Gasteiger partial charge in [0.15, 0.2) is 0 Å². The summed E-state index contributed by atoms with van der Waals surface area (Å²) in [4.78, 5) is 10.6. The molecule has 29 heavy (non-hydrogen) atoms. The first-order chi connectivity index (χ1) is 13.8. The van der Waals surface area contributed by atoms with E-state index in [4.69, 9.17) is 4.52 Å². The SMILES string of the molecule is CC(C)c1cc(C(F)(F)F)c2c(C3CCCN(Cc4ccncc4)C3)noc2n1. The first-order valence-corrected chi connectivity index (χ1v) is 9.81. The Labute approximate surface area is 166 Å². The third-order valence-corrected chi connectivity index (χ3v) is 5.44. The van der Waals surface area contributed by atoms with Gasteiger partial charge in [0.05, 0.1) is 16.6 Å². The Hall–Kier alpha value is -2.48. The average Bonchev–Trinajstić information content (AvgIpc) is 3.11. The standard InChI is InChI=1S/C21H23F3N4O/c1-13(2)17-10-16(21(22,23)24)18-19(27-29-20(18)26-17)15-4-3-9-28(12-15)11-14-5-7-25-8-6-14/h5-8,10,13,15H,3-4,9,11-12H2,1-2H3. The maximum atomic E-state index is 13.8. The van der Waals surface area contributed by atoms with E-state index in [0.29, 0.717) is 17.9 Å². The highest BCUT2D eigenvalue weighted by atomic mass is 19.4. The van der Waals surface area contributed by atoms with Crippen molar-refractivity contribution in [3.63, 3.8) is 0 Å². The van der Waals surface area contributed by atoms with Gasteiger partial charge in [0, 0.05) is 37.1 Å². The Balaban J connectivity index is 1.68. The third-order valence-electron chi connectivity index (χ3n) is 5.44. The minimum atomic E-state index is -4.49. The number of hydrogen-bond donors (Lipinski definition) is 0. The second-order valence-corrected chi connectivity index (χ2v) is 7.92. The van der Waals surface area contributed by atoms with Crippen LogP contribution >= 0.6 is 0 Å². The maximum Gasteiger partial charge on any atom is 0.417 e. The molecule has 1 aliphatic rings. The quantitative estimate of drug-likeness (QED) is 0.603. The molecule has 8 heteroatoms. The van der Waals surface area contributed by atoms with Crippen molar-refractivity contribution >= 4 is 11.1 Å². The number of fused-ring (bicyclic) bond motifs is 1. The number of hydrogen-bond acceptors (Lipinski definition) is 5. The monoisotopic (exact) mass is 404 g/mol. The number of alkyl halides is 3. The molecule has 1 atom stereocenters. The zero-order valence-corrected chi connectivity index (χ0v) is 16.4. The van der Waals surface area contributed by atoms with Crippen molar-refractivity contribution in [2.24, 2.45) is 0 Å². The summed E-state index contributed by atoms with van der Waals surface area (Å²) in [5, 5.41) is 4.07. The molecule has 0 spiro atoms. The second-order valence-electron chi connectivity index (χ2n) is 7.92. The van der Waals surface area contributed by atoms with Crippen LogP contribution in [-0.2, 0) is 12.7 Å². The first kappa shape index (κ1) is 19.8. The number of aromatic nitrogens is 3. The van der Waals surface area contributed by atoms with Crippen molar-refractivity contribution in [1.29, 1.82) is 0 Å². The predicted octanol–water partition coefficient (Wildman–Crippen LogP) is 5.14. The molecule has 0 N–H and O–H groups in total. The number of nitrogens with zero attached hydrogens (tertiary/aromatic N) is 4. The lowest BCUT2D eigenvalue weighted by Crippen LogP contribution is -2.34. The highest BCUT2D eigenvalue weighted by Gasteiger charge is 2.38. The van der Waals surface area contributed by atoms with Crippen molar-refractivity contribution in [3.8, 4) is 0 Å². The van der Waals surface area contributed by atoms with Gasteiger partial charge in [-0.3, -0.25) is 9.88 Å². The van der Waals surface area contributed by atoms with Crippen LogP contribution in [0.15, 0.2) is 35.1 Å². The van der Waals surface area contributed by atoms with Gasteiger partial charge in [-0.1, -0.05) is 19.0 Å². The summed E-state index contributed by atoms with van der Waals surface area (Å²) < 4.78 is 46.8. The van der Waals surface area contributed by atoms with E-state index in [1.54, 1.807) is 12.4 Å². The molecule has 0 radical (unpaired) electrons. The third kappa shape index (κ3) is 4.12. The van der Waals surface area contributed by atoms with E-state index in [9.17, 15) is 13.2 Å². The highest BCUT2D eigenvalue weighted by Crippen LogP contribution is 2.40. The lowest BCUT2D eigenvalue weighted by atomic mass is 9.91. The van der Waals surface area contributed by atoms with E-state index in [0.717, 1.165) is 37.6 Å². The smallest absolute Gasteiger partial charge is 0.336 e. The molecule has 0 aromatic carbocycles. The molecular formula is C21H23F3N4O. The number of pyridine rings is 2. The fraction of sp³-hybridized carbons (Fsp3) is 0.476. The van der Waals surface area contributed by atoms with Gasteiger partial charge in [-0.2, -0.15) is 13.2 Å². The van der Waals surface area contributed by atoms with Gasteiger partial charge in [-0.25, -0.2) is 4.98 Å². The molecule has 1 unspecified atom stereocenters. The minimum absolute atomic E-state index is 0.0117. The van der Waals surface area contributed by atoms with Crippen molar-refractivity contribution in [3.05, 3.63) is 53.1 Å². The number of piperidine rings is 1. The number of likely N-dealkylation sites (tertiary alicyclic amines) is 1. The zero-order chi connectivity index (χ0) is 20.6. The fourth-order valence-electron chi connectivity index (χ4n) is 3.96. The normalized spacial score (nSPS) is 18.6. The fourth-order valence-corrected chi connectivity index (χ4v) is 3.96. The molecule has 1 saturated heterocycles. The summed E-state index contributed by atoms with van der Waals surface area (Å²) in [5.41, 5.74) is 1.13. The van der Waals surface area contributed by atoms with Crippen molar-refractivity contribution in [2.75, 3.05) is 13.1 Å². The zero-order valence-electron chi connectivity index (χ0n) is 16.4. The molecule has 1 fully saturated rings. The summed E-state index contributed by atoms with van der Waals surface area (Å²) in [6.07, 6.45) is 0.669. The van der Waals surface area contributed by atoms with Crippen LogP contribution in [0.5, 0.6) is 0 Å². The Morgan fingerprint density at radius 1 is 1.24 bits per heavy atom. The van der Waals surface area contributed by atoms with Crippen LogP contribution in [0.1, 0.15) is 61.0 Å². The molecule has 4 heterocycles. The van der Waals surface area contributed by atoms with Crippen LogP contribution < -0.4 is 0 Å². The summed E-state index contributed by atoms with van der Waals surface area (Å²) in [6.45, 7) is 5.88. The van der Waals surface area contributed by atoms with E-state index in [-0.39, 0.29) is 22.9 Å². The van der Waals surface area contributed by atoms with Crippen molar-refractivity contribution in [1.82, 2.24) is 20.0 Å². The first-order valence-electron chi connectivity index (χ1n) is 9.81. The van der Waals surface area contributed by atoms with Crippen molar-refractivity contribution < 1.29 is 17.7 Å². The molecule has 4 rings (SSSR count). The maximum absolute atomic E-state index is 13.8. The predicted molar refractivity (Wildman–Crippen MR) is 102 cm³/mol. The van der Waals surface area contributed by atoms with Crippen LogP contribution in [0.25, 0.3) is 11.1 Å². The lowest BCUT2D eigenvalue weighted by molar-refractivity contribution is -0.136. The van der Waals surface area contributed by atoms with Crippen LogP contribution in [0, 0.1) is 0 Å². The molecule has 3 aromatic heterocycles. The van der Waals surface area contributed by atoms with E-state index < -0.39 is 11.7 Å². The number of halogens is 3. The van der Waals surface area contributed by atoms with Crippen LogP contribution in [0.4, 0.5) is 13.2 Å². The number of rotatable bonds is 4. The van der Waals surface area contributed by atoms with Gasteiger partial charge >= 0.3 is 6.18 Å². The van der Waals surface area contributed by atoms with E-state index in [1.165, 1.54) is 0 Å². The van der Waals surface area contributed by atoms with E-state index in [1.807, 2.05) is 26.0 Å². The Morgan fingerprint density at radius 3 is 2.69 bits per heavy atom. The molecule has 0 amide bonds. The topological polar surface area (TPSA) is 55.1 Å². The summed E-state index contributed by atoms with van der Waals surface area (Å²) in [6, 6.07) is 5.05. The van der Waals surface area contributed by atoms with Crippen LogP contribution in [0.3, 0.4) is 0 Å². The molecule has 0 aliphatic carbocycles. The van der Waals surface area contributed by atoms with E-state index in [2.05, 4.69) is 20.0 Å². The van der Waals surface area contributed by atoms with Gasteiger partial charge in [-0.15, -0.1) is 0 Å². The van der Waals surface area contributed by atoms with Crippen LogP contribution in [0.2, 0.25) is 0 Å². The summed E-state index contributed by atoms with van der Waals surface area (Å²) in [7, 11) is 0. The second kappa shape index (κ2) is 7.74. The Morgan fingerprint density at radius 2 is 2.00 bits per heavy atom. The van der Waals surface area contributed by atoms with E-state index >= 15 is 0 Å². The summed E-state index contributed by atoms with van der Waals surface area (Å²) in [5.74, 6) is -0.265. The molecule has 5 nitrogen and oxygen atoms in total. The molecular weight excluding hydrogens is 381 g/mol. The van der Waals surface area contributed by atoms with Gasteiger partial charge in [0.2, 0.25) is 0 Å². The molecule has 0 saturated carbocycles. The molecule has 1 aliphatic heterocycles. The molecule has 0 bridgehead atoms. The van der Waals surface area contributed by atoms with Crippen LogP contribution in [-0.4, -0.2) is 33.1 Å². The minimum Gasteiger partial charge on any atom is -0.336 e. The summed E-state index contributed by atoms with van der Waals surface area (Å²) >= 11 is 0. The highest BCUT2D eigenvalue weighted by molar-refractivity contribution is 5.81. The molecule has 154 valence electrons. The molecule has 3 aromatic rings.